The van der Waals surface area contributed by atoms with Gasteiger partial charge in [0, 0.05) is 35.2 Å². The molecule has 0 bridgehead atoms. The SMILES string of the molecule is NCC(NC1CC1)c1ccc(Cl)c2cccnc12. The molecule has 94 valence electrons. The highest BCUT2D eigenvalue weighted by Crippen LogP contribution is 2.30. The summed E-state index contributed by atoms with van der Waals surface area (Å²) in [7, 11) is 0. The van der Waals surface area contributed by atoms with Gasteiger partial charge in [0.15, 0.2) is 0 Å². The molecule has 1 unspecified atom stereocenters. The van der Waals surface area contributed by atoms with Crippen LogP contribution >= 0.6 is 11.6 Å². The summed E-state index contributed by atoms with van der Waals surface area (Å²) in [5.74, 6) is 0. The number of halogens is 1. The average Bonchev–Trinajstić information content (AvgIpc) is 3.21. The highest BCUT2D eigenvalue weighted by Gasteiger charge is 2.25. The first-order valence-electron chi connectivity index (χ1n) is 6.29. The van der Waals surface area contributed by atoms with Gasteiger partial charge in [-0.3, -0.25) is 4.98 Å². The first kappa shape index (κ1) is 11.9. The Labute approximate surface area is 111 Å². The van der Waals surface area contributed by atoms with Crippen LogP contribution in [-0.4, -0.2) is 17.6 Å². The fourth-order valence-corrected chi connectivity index (χ4v) is 2.48. The molecule has 1 aromatic carbocycles. The third-order valence-electron chi connectivity index (χ3n) is 3.37. The highest BCUT2D eigenvalue weighted by molar-refractivity contribution is 6.35. The number of pyridine rings is 1. The molecule has 4 heteroatoms. The molecular formula is C14H16ClN3. The van der Waals surface area contributed by atoms with Crippen LogP contribution < -0.4 is 11.1 Å². The van der Waals surface area contributed by atoms with Crippen LogP contribution in [0.1, 0.15) is 24.4 Å². The summed E-state index contributed by atoms with van der Waals surface area (Å²) in [4.78, 5) is 4.46. The van der Waals surface area contributed by atoms with Crippen molar-refractivity contribution in [2.75, 3.05) is 6.54 Å². The van der Waals surface area contributed by atoms with Gasteiger partial charge in [-0.1, -0.05) is 17.7 Å². The van der Waals surface area contributed by atoms with Crippen molar-refractivity contribution in [3.05, 3.63) is 41.0 Å². The fraction of sp³-hybridized carbons (Fsp3) is 0.357. The molecular weight excluding hydrogens is 246 g/mol. The maximum absolute atomic E-state index is 6.20. The zero-order valence-corrected chi connectivity index (χ0v) is 10.8. The molecule has 1 saturated carbocycles. The van der Waals surface area contributed by atoms with Gasteiger partial charge in [-0.2, -0.15) is 0 Å². The van der Waals surface area contributed by atoms with Gasteiger partial charge in [-0.15, -0.1) is 0 Å². The van der Waals surface area contributed by atoms with Crippen molar-refractivity contribution in [1.29, 1.82) is 0 Å². The Hall–Kier alpha value is -1.16. The van der Waals surface area contributed by atoms with Crippen LogP contribution in [0.2, 0.25) is 5.02 Å². The largest absolute Gasteiger partial charge is 0.329 e. The Kier molecular flexibility index (Phi) is 3.20. The fourth-order valence-electron chi connectivity index (χ4n) is 2.26. The molecule has 1 heterocycles. The monoisotopic (exact) mass is 261 g/mol. The maximum Gasteiger partial charge on any atom is 0.0765 e. The van der Waals surface area contributed by atoms with Crippen LogP contribution in [0.5, 0.6) is 0 Å². The molecule has 3 N–H and O–H groups in total. The van der Waals surface area contributed by atoms with E-state index >= 15 is 0 Å². The quantitative estimate of drug-likeness (QED) is 0.890. The van der Waals surface area contributed by atoms with Crippen molar-refractivity contribution < 1.29 is 0 Å². The van der Waals surface area contributed by atoms with Crippen molar-refractivity contribution in [2.45, 2.75) is 24.9 Å². The van der Waals surface area contributed by atoms with E-state index in [4.69, 9.17) is 17.3 Å². The van der Waals surface area contributed by atoms with Crippen LogP contribution in [0.15, 0.2) is 30.5 Å². The third kappa shape index (κ3) is 2.21. The standard InChI is InChI=1S/C14H16ClN3/c15-12-6-5-11(13(8-16)18-9-3-4-9)14-10(12)2-1-7-17-14/h1-2,5-7,9,13,18H,3-4,8,16H2. The van der Waals surface area contributed by atoms with E-state index in [0.29, 0.717) is 12.6 Å². The lowest BCUT2D eigenvalue weighted by Crippen LogP contribution is -2.30. The number of nitrogens with zero attached hydrogens (tertiary/aromatic N) is 1. The Balaban J connectivity index is 2.06. The summed E-state index contributed by atoms with van der Waals surface area (Å²) in [6.45, 7) is 0.573. The molecule has 0 amide bonds. The van der Waals surface area contributed by atoms with Crippen LogP contribution in [0.4, 0.5) is 0 Å². The van der Waals surface area contributed by atoms with Crippen molar-refractivity contribution in [1.82, 2.24) is 10.3 Å². The number of aromatic nitrogens is 1. The predicted octanol–water partition coefficient (Wildman–Crippen LogP) is 2.64. The summed E-state index contributed by atoms with van der Waals surface area (Å²) < 4.78 is 0. The van der Waals surface area contributed by atoms with Crippen LogP contribution in [0.3, 0.4) is 0 Å². The van der Waals surface area contributed by atoms with E-state index in [1.54, 1.807) is 6.20 Å². The minimum absolute atomic E-state index is 0.159. The van der Waals surface area contributed by atoms with Crippen LogP contribution in [0, 0.1) is 0 Å². The molecule has 1 aliphatic rings. The summed E-state index contributed by atoms with van der Waals surface area (Å²) in [6.07, 6.45) is 4.29. The summed E-state index contributed by atoms with van der Waals surface area (Å²) in [5.41, 5.74) is 7.98. The van der Waals surface area contributed by atoms with E-state index in [1.165, 1.54) is 12.8 Å². The molecule has 0 radical (unpaired) electrons. The Bertz CT molecular complexity index is 566. The van der Waals surface area contributed by atoms with Crippen molar-refractivity contribution >= 4 is 22.5 Å². The molecule has 2 aromatic rings. The van der Waals surface area contributed by atoms with Crippen molar-refractivity contribution in [3.8, 4) is 0 Å². The van der Waals surface area contributed by atoms with Crippen molar-refractivity contribution in [2.24, 2.45) is 5.73 Å². The lowest BCUT2D eigenvalue weighted by atomic mass is 10.0. The summed E-state index contributed by atoms with van der Waals surface area (Å²) in [5, 5.41) is 5.29. The van der Waals surface area contributed by atoms with Crippen LogP contribution in [0.25, 0.3) is 10.9 Å². The van der Waals surface area contributed by atoms with Gasteiger partial charge in [0.1, 0.15) is 0 Å². The second kappa shape index (κ2) is 4.84. The number of hydrogen-bond acceptors (Lipinski definition) is 3. The average molecular weight is 262 g/mol. The van der Waals surface area contributed by atoms with Gasteiger partial charge in [-0.05, 0) is 36.6 Å². The number of benzene rings is 1. The number of hydrogen-bond donors (Lipinski definition) is 2. The van der Waals surface area contributed by atoms with E-state index < -0.39 is 0 Å². The maximum atomic E-state index is 6.20. The lowest BCUT2D eigenvalue weighted by Gasteiger charge is -2.18. The van der Waals surface area contributed by atoms with Gasteiger partial charge in [0.2, 0.25) is 0 Å². The van der Waals surface area contributed by atoms with E-state index in [2.05, 4.69) is 10.3 Å². The molecule has 0 aliphatic heterocycles. The predicted molar refractivity (Wildman–Crippen MR) is 74.7 cm³/mol. The Morgan fingerprint density at radius 2 is 2.22 bits per heavy atom. The number of nitrogens with one attached hydrogen (secondary N) is 1. The minimum Gasteiger partial charge on any atom is -0.329 e. The second-order valence-electron chi connectivity index (χ2n) is 4.77. The van der Waals surface area contributed by atoms with Crippen molar-refractivity contribution in [3.63, 3.8) is 0 Å². The molecule has 3 rings (SSSR count). The number of nitrogens with two attached hydrogens (primary N) is 1. The van der Waals surface area contributed by atoms with E-state index in [9.17, 15) is 0 Å². The Morgan fingerprint density at radius 1 is 1.39 bits per heavy atom. The molecule has 1 atom stereocenters. The summed E-state index contributed by atoms with van der Waals surface area (Å²) in [6, 6.07) is 8.64. The topological polar surface area (TPSA) is 50.9 Å². The number of rotatable bonds is 4. The second-order valence-corrected chi connectivity index (χ2v) is 5.17. The molecule has 0 spiro atoms. The van der Waals surface area contributed by atoms with Gasteiger partial charge in [0.05, 0.1) is 5.52 Å². The smallest absolute Gasteiger partial charge is 0.0765 e. The number of fused-ring (bicyclic) bond motifs is 1. The minimum atomic E-state index is 0.159. The molecule has 1 aromatic heterocycles. The normalized spacial score (nSPS) is 17.0. The lowest BCUT2D eigenvalue weighted by molar-refractivity contribution is 0.541. The van der Waals surface area contributed by atoms with E-state index in [1.807, 2.05) is 24.3 Å². The Morgan fingerprint density at radius 3 is 2.94 bits per heavy atom. The van der Waals surface area contributed by atoms with E-state index in [0.717, 1.165) is 21.5 Å². The summed E-state index contributed by atoms with van der Waals surface area (Å²) >= 11 is 6.20. The first-order valence-corrected chi connectivity index (χ1v) is 6.66. The van der Waals surface area contributed by atoms with Gasteiger partial charge in [-0.25, -0.2) is 0 Å². The molecule has 0 saturated heterocycles. The van der Waals surface area contributed by atoms with Gasteiger partial charge < -0.3 is 11.1 Å². The zero-order chi connectivity index (χ0) is 12.5. The van der Waals surface area contributed by atoms with E-state index in [-0.39, 0.29) is 6.04 Å². The third-order valence-corrected chi connectivity index (χ3v) is 3.70. The molecule has 18 heavy (non-hydrogen) atoms. The first-order chi connectivity index (χ1) is 8.79. The highest BCUT2D eigenvalue weighted by atomic mass is 35.5. The molecule has 1 fully saturated rings. The zero-order valence-electron chi connectivity index (χ0n) is 10.1. The molecule has 3 nitrogen and oxygen atoms in total. The molecule has 1 aliphatic carbocycles. The van der Waals surface area contributed by atoms with Gasteiger partial charge in [0.25, 0.3) is 0 Å². The van der Waals surface area contributed by atoms with Crippen LogP contribution in [-0.2, 0) is 0 Å². The van der Waals surface area contributed by atoms with Gasteiger partial charge >= 0.3 is 0 Å².